The van der Waals surface area contributed by atoms with Crippen LogP contribution in [0.3, 0.4) is 0 Å². The Morgan fingerprint density at radius 2 is 2.25 bits per heavy atom. The normalized spacial score (nSPS) is 53.6. The molecular formula is C11H13Br. The second kappa shape index (κ2) is 3.61. The van der Waals surface area contributed by atoms with Crippen LogP contribution in [0.2, 0.25) is 0 Å². The monoisotopic (exact) mass is 237 g/mol. The molecule has 1 aromatic carbocycles. The maximum atomic E-state index is 8.45. The Balaban J connectivity index is 3.06. The molecule has 0 spiro atoms. The van der Waals surface area contributed by atoms with Crippen molar-refractivity contribution in [3.8, 4) is 0 Å². The van der Waals surface area contributed by atoms with Crippen molar-refractivity contribution in [1.82, 2.24) is 0 Å². The number of hydrogen-bond donors (Lipinski definition) is 0. The van der Waals surface area contributed by atoms with Gasteiger partial charge in [0.15, 0.2) is 0 Å². The zero-order valence-corrected chi connectivity index (χ0v) is 7.46. The van der Waals surface area contributed by atoms with Gasteiger partial charge >= 0.3 is 0 Å². The molecule has 0 unspecified atom stereocenters. The Labute approximate surface area is 100 Å². The van der Waals surface area contributed by atoms with Gasteiger partial charge in [0.1, 0.15) is 0 Å². The molecule has 1 fully saturated rings. The fourth-order valence-electron chi connectivity index (χ4n) is 0.790. The Kier molecular flexibility index (Phi) is 0.610. The zero-order chi connectivity index (χ0) is 20.0. The molecule has 2 rings (SSSR count). The SMILES string of the molecule is [2H]c1c([2H])c(Br)c([2H])c(C2([2H])C([2H])([2H])C([2H])([2H])C([2H])([2H])C2([2H])[2H])c1[2H]. The van der Waals surface area contributed by atoms with Crippen molar-refractivity contribution in [2.75, 3.05) is 0 Å². The van der Waals surface area contributed by atoms with Gasteiger partial charge in [0.2, 0.25) is 0 Å². The average molecular weight is 238 g/mol. The van der Waals surface area contributed by atoms with Crippen molar-refractivity contribution in [2.45, 2.75) is 31.4 Å². The van der Waals surface area contributed by atoms with E-state index in [0.717, 1.165) is 0 Å². The molecule has 1 aromatic rings. The molecule has 0 saturated heterocycles. The van der Waals surface area contributed by atoms with Crippen LogP contribution in [0.15, 0.2) is 28.6 Å². The van der Waals surface area contributed by atoms with Gasteiger partial charge in [-0.2, -0.15) is 0 Å². The second-order valence-corrected chi connectivity index (χ2v) is 2.86. The summed E-state index contributed by atoms with van der Waals surface area (Å²) in [5.74, 6) is -3.34. The highest BCUT2D eigenvalue weighted by molar-refractivity contribution is 9.10. The van der Waals surface area contributed by atoms with Gasteiger partial charge in [0, 0.05) is 16.8 Å². The third-order valence-corrected chi connectivity index (χ3v) is 1.68. The van der Waals surface area contributed by atoms with E-state index in [0.29, 0.717) is 0 Å². The Hall–Kier alpha value is -0.300. The molecule has 0 nitrogen and oxygen atoms in total. The zero-order valence-electron chi connectivity index (χ0n) is 18.9. The van der Waals surface area contributed by atoms with E-state index in [-0.39, 0.29) is 4.47 Å². The van der Waals surface area contributed by atoms with Crippen LogP contribution >= 0.6 is 15.9 Å². The van der Waals surface area contributed by atoms with Gasteiger partial charge in [-0.05, 0) is 36.3 Å². The molecule has 12 heavy (non-hydrogen) atoms. The first-order valence-corrected chi connectivity index (χ1v) is 3.98. The van der Waals surface area contributed by atoms with E-state index in [2.05, 4.69) is 15.9 Å². The molecule has 64 valence electrons. The number of benzene rings is 1. The first-order valence-electron chi connectivity index (χ1n) is 9.69. The third-order valence-electron chi connectivity index (χ3n) is 1.28. The Bertz CT molecular complexity index is 698. The molecule has 1 aliphatic rings. The van der Waals surface area contributed by atoms with Crippen LogP contribution in [-0.4, -0.2) is 0 Å². The van der Waals surface area contributed by atoms with Crippen LogP contribution < -0.4 is 0 Å². The van der Waals surface area contributed by atoms with Gasteiger partial charge in [-0.25, -0.2) is 0 Å². The highest BCUT2D eigenvalue weighted by Gasteiger charge is 2.16. The minimum atomic E-state index is -3.48. The van der Waals surface area contributed by atoms with Gasteiger partial charge in [-0.15, -0.1) is 0 Å². The lowest BCUT2D eigenvalue weighted by Crippen LogP contribution is -1.90. The lowest BCUT2D eigenvalue weighted by molar-refractivity contribution is 0.723. The van der Waals surface area contributed by atoms with Crippen molar-refractivity contribution in [1.29, 1.82) is 0 Å². The molecule has 1 saturated carbocycles. The summed E-state index contributed by atoms with van der Waals surface area (Å²) in [4.78, 5) is 0. The van der Waals surface area contributed by atoms with Crippen molar-refractivity contribution in [3.05, 3.63) is 34.2 Å². The second-order valence-electron chi connectivity index (χ2n) is 2.06. The summed E-state index contributed by atoms with van der Waals surface area (Å²) in [6.45, 7) is 0. The summed E-state index contributed by atoms with van der Waals surface area (Å²) in [5, 5.41) is 0. The lowest BCUT2D eigenvalue weighted by Gasteiger charge is -2.08. The first kappa shape index (κ1) is 2.03. The van der Waals surface area contributed by atoms with E-state index in [9.17, 15) is 0 Å². The van der Waals surface area contributed by atoms with Crippen LogP contribution in [0.1, 0.15) is 54.8 Å². The van der Waals surface area contributed by atoms with E-state index in [1.807, 2.05) is 0 Å². The van der Waals surface area contributed by atoms with Crippen molar-refractivity contribution in [3.63, 3.8) is 0 Å². The first-order chi connectivity index (χ1) is 10.9. The quantitative estimate of drug-likeness (QED) is 0.690. The number of hydrogen-bond acceptors (Lipinski definition) is 0. The maximum absolute atomic E-state index is 8.45. The summed E-state index contributed by atoms with van der Waals surface area (Å²) in [6, 6.07) is -3.19. The lowest BCUT2D eigenvalue weighted by atomic mass is 9.98. The molecule has 1 aliphatic carbocycles. The van der Waals surface area contributed by atoms with Crippen LogP contribution in [0, 0.1) is 0 Å². The standard InChI is InChI=1S/C11H13Br/c12-11-7-3-6-10(8-11)9-4-1-2-5-9/h3,6-9H,1-2,4-5H2/i1D2,2D2,3D,4D2,5D2,6D,7D,8D,9D. The van der Waals surface area contributed by atoms with E-state index in [1.54, 1.807) is 0 Å². The molecular weight excluding hydrogens is 212 g/mol. The summed E-state index contributed by atoms with van der Waals surface area (Å²) in [7, 11) is 0. The smallest absolute Gasteiger partial charge is 0.0609 e. The van der Waals surface area contributed by atoms with Crippen LogP contribution in [-0.2, 0) is 0 Å². The van der Waals surface area contributed by atoms with E-state index < -0.39 is 61.1 Å². The number of halogens is 1. The van der Waals surface area contributed by atoms with Gasteiger partial charge in [0.25, 0.3) is 0 Å². The molecule has 0 bridgehead atoms. The molecule has 0 radical (unpaired) electrons. The minimum Gasteiger partial charge on any atom is -0.0609 e. The highest BCUT2D eigenvalue weighted by Crippen LogP contribution is 2.34. The molecule has 0 N–H and O–H groups in total. The molecule has 1 heteroatoms. The van der Waals surface area contributed by atoms with Crippen LogP contribution in [0.25, 0.3) is 0 Å². The van der Waals surface area contributed by atoms with Crippen molar-refractivity contribution < 1.29 is 17.8 Å². The topological polar surface area (TPSA) is 0 Å². The van der Waals surface area contributed by atoms with Gasteiger partial charge < -0.3 is 0 Å². The van der Waals surface area contributed by atoms with Crippen LogP contribution in [0.4, 0.5) is 0 Å². The Morgan fingerprint density at radius 1 is 1.50 bits per heavy atom. The summed E-state index contributed by atoms with van der Waals surface area (Å²) in [5.41, 5.74) is -0.972. The fourth-order valence-corrected chi connectivity index (χ4v) is 1.09. The predicted octanol–water partition coefficient (Wildman–Crippen LogP) is 4.11. The number of rotatable bonds is 1. The fraction of sp³-hybridized carbons (Fsp3) is 0.455. The van der Waals surface area contributed by atoms with Crippen molar-refractivity contribution >= 4 is 15.9 Å². The van der Waals surface area contributed by atoms with E-state index in [1.165, 1.54) is 0 Å². The summed E-state index contributed by atoms with van der Waals surface area (Å²) < 4.78 is 103. The Morgan fingerprint density at radius 3 is 3.00 bits per heavy atom. The largest absolute Gasteiger partial charge is 0.0638 e. The average Bonchev–Trinajstić information content (AvgIpc) is 2.53. The van der Waals surface area contributed by atoms with E-state index in [4.69, 9.17) is 17.8 Å². The molecule has 0 aliphatic heterocycles. The molecule has 0 heterocycles. The van der Waals surface area contributed by atoms with Gasteiger partial charge in [0.05, 0.1) is 5.48 Å². The maximum Gasteiger partial charge on any atom is 0.0638 e. The minimum absolute atomic E-state index is 0.380. The molecule has 0 amide bonds. The van der Waals surface area contributed by atoms with Gasteiger partial charge in [-0.3, -0.25) is 0 Å². The van der Waals surface area contributed by atoms with Crippen molar-refractivity contribution in [2.24, 2.45) is 0 Å². The molecule has 0 aromatic heterocycles. The van der Waals surface area contributed by atoms with Gasteiger partial charge in [-0.1, -0.05) is 40.8 Å². The molecule has 0 atom stereocenters. The highest BCUT2D eigenvalue weighted by atomic mass is 79.9. The summed E-state index contributed by atoms with van der Waals surface area (Å²) in [6.07, 6.45) is -13.9. The summed E-state index contributed by atoms with van der Waals surface area (Å²) >= 11 is 2.82. The third kappa shape index (κ3) is 1.71. The van der Waals surface area contributed by atoms with E-state index >= 15 is 0 Å². The predicted molar refractivity (Wildman–Crippen MR) is 55.4 cm³/mol. The van der Waals surface area contributed by atoms with Crippen LogP contribution in [0.5, 0.6) is 0 Å².